The molecule has 10 rings (SSSR count). The third-order valence-electron chi connectivity index (χ3n) is 12.4. The molecule has 4 aliphatic heterocycles. The van der Waals surface area contributed by atoms with E-state index in [2.05, 4.69) is 39.7 Å². The molecule has 4 atom stereocenters. The van der Waals surface area contributed by atoms with Gasteiger partial charge in [-0.2, -0.15) is 0 Å². The van der Waals surface area contributed by atoms with Gasteiger partial charge in [-0.15, -0.1) is 11.3 Å². The molecule has 4 saturated heterocycles. The minimum absolute atomic E-state index is 0.0481. The lowest BCUT2D eigenvalue weighted by atomic mass is 9.94. The minimum atomic E-state index is -0.679. The van der Waals surface area contributed by atoms with Gasteiger partial charge in [-0.1, -0.05) is 0 Å². The summed E-state index contributed by atoms with van der Waals surface area (Å²) in [6.07, 6.45) is 6.46. The van der Waals surface area contributed by atoms with Crippen LogP contribution in [-0.2, 0) is 0 Å². The minimum Gasteiger partial charge on any atom is -0.367 e. The summed E-state index contributed by atoms with van der Waals surface area (Å²) in [5.74, 6) is -0.377. The highest BCUT2D eigenvalue weighted by Gasteiger charge is 2.40. The maximum Gasteiger partial charge on any atom is 0.151 e. The summed E-state index contributed by atoms with van der Waals surface area (Å²) in [5.41, 5.74) is 3.37. The first-order valence-electron chi connectivity index (χ1n) is 19.7. The Morgan fingerprint density at radius 1 is 0.655 bits per heavy atom. The van der Waals surface area contributed by atoms with Gasteiger partial charge in [0.25, 0.3) is 0 Å². The van der Waals surface area contributed by atoms with E-state index in [0.29, 0.717) is 65.0 Å². The van der Waals surface area contributed by atoms with Crippen LogP contribution in [0.1, 0.15) is 114 Å². The fourth-order valence-electron chi connectivity index (χ4n) is 9.66. The number of thiophene rings is 1. The Balaban J connectivity index is 1.02. The molecule has 0 saturated carbocycles. The number of hydrogen-bond acceptors (Lipinski definition) is 7. The smallest absolute Gasteiger partial charge is 0.151 e. The van der Waals surface area contributed by atoms with Crippen molar-refractivity contribution in [3.63, 3.8) is 0 Å². The summed E-state index contributed by atoms with van der Waals surface area (Å²) < 4.78 is 65.4. The van der Waals surface area contributed by atoms with Crippen molar-refractivity contribution >= 4 is 44.8 Å². The number of aromatic nitrogens is 4. The van der Waals surface area contributed by atoms with E-state index in [0.717, 1.165) is 63.3 Å². The Kier molecular flexibility index (Phi) is 8.86. The number of nitrogens with one attached hydrogen (secondary N) is 4. The van der Waals surface area contributed by atoms with E-state index in [9.17, 15) is 0 Å². The second kappa shape index (κ2) is 13.9. The van der Waals surface area contributed by atoms with Crippen molar-refractivity contribution in [1.29, 1.82) is 0 Å². The van der Waals surface area contributed by atoms with Crippen LogP contribution in [0.4, 0.5) is 28.9 Å². The number of imidazole rings is 2. The quantitative estimate of drug-likeness (QED) is 0.121. The van der Waals surface area contributed by atoms with E-state index < -0.39 is 35.4 Å². The number of halogens is 4. The number of H-pyrrole nitrogens is 2. The molecular formula is C42H44F4N8S. The van der Waals surface area contributed by atoms with Crippen LogP contribution in [0.3, 0.4) is 0 Å². The summed E-state index contributed by atoms with van der Waals surface area (Å²) in [7, 11) is 0. The van der Waals surface area contributed by atoms with Gasteiger partial charge < -0.3 is 30.4 Å². The van der Waals surface area contributed by atoms with Crippen molar-refractivity contribution in [2.75, 3.05) is 36.0 Å². The third-order valence-corrected chi connectivity index (χ3v) is 13.6. The Bertz CT molecular complexity index is 2250. The number of aryl methyl sites for hydroxylation is 1. The van der Waals surface area contributed by atoms with Gasteiger partial charge in [0, 0.05) is 51.8 Å². The zero-order valence-electron chi connectivity index (χ0n) is 30.7. The van der Waals surface area contributed by atoms with Gasteiger partial charge in [0.15, 0.2) is 11.6 Å². The maximum absolute atomic E-state index is 16.4. The Hall–Kier alpha value is -4.46. The lowest BCUT2D eigenvalue weighted by molar-refractivity contribution is 0.490. The number of aromatic amines is 2. The normalized spacial score (nSPS) is 23.7. The number of fused-ring (bicyclic) bond motifs is 2. The zero-order valence-corrected chi connectivity index (χ0v) is 31.5. The van der Waals surface area contributed by atoms with Crippen LogP contribution in [0.2, 0.25) is 0 Å². The highest BCUT2D eigenvalue weighted by Crippen LogP contribution is 2.50. The number of hydrogen-bond donors (Lipinski definition) is 4. The van der Waals surface area contributed by atoms with Crippen LogP contribution in [0.5, 0.6) is 0 Å². The second-order valence-electron chi connectivity index (χ2n) is 15.8. The summed E-state index contributed by atoms with van der Waals surface area (Å²) in [4.78, 5) is 22.4. The average molecular weight is 769 g/mol. The van der Waals surface area contributed by atoms with E-state index in [1.165, 1.54) is 34.0 Å². The molecule has 6 aromatic rings. The molecule has 0 radical (unpaired) electrons. The third kappa shape index (κ3) is 6.28. The fraction of sp³-hybridized carbons (Fsp3) is 0.429. The molecule has 0 aliphatic carbocycles. The first-order valence-corrected chi connectivity index (χ1v) is 20.5. The van der Waals surface area contributed by atoms with Crippen LogP contribution in [0, 0.1) is 30.2 Å². The molecule has 7 heterocycles. The first-order chi connectivity index (χ1) is 26.8. The molecule has 4 aliphatic rings. The summed E-state index contributed by atoms with van der Waals surface area (Å²) in [5, 5.41) is 6.88. The maximum atomic E-state index is 16.4. The predicted molar refractivity (Wildman–Crippen MR) is 209 cm³/mol. The SMILES string of the molecule is Cc1ccc(C2CCN(c3c(F)cc(N4C(c5cc6[nH]c([C@@H]7CCCN7)nc6cc5F)CC[C@@H]4c4cc5[nH]c([C@@H]6CCCN6)nc5cc4F)cc3F)CC2)s1. The lowest BCUT2D eigenvalue weighted by Gasteiger charge is -2.36. The van der Waals surface area contributed by atoms with E-state index >= 15 is 17.6 Å². The summed E-state index contributed by atoms with van der Waals surface area (Å²) in [6, 6.07) is 12.3. The standard InChI is InChI=1S/C42H44F4N8S/c1-22-6-9-39(55-22)23-10-14-53(15-11-23)40-29(45)16-24(17-30(40)46)54-37(25-18-33-35(20-27(25)43)51-41(49-33)31-4-2-12-47-31)7-8-38(54)26-19-34-36(21-28(26)44)52-42(50-34)32-5-3-13-48-32/h6,9,16-21,23,31-32,37-38,47-48H,2-5,7-8,10-15H2,1H3,(H,49,51)(H,50,52)/t31-,32-,37+,38?/m0/s1. The van der Waals surface area contributed by atoms with E-state index in [-0.39, 0.29) is 23.5 Å². The van der Waals surface area contributed by atoms with Gasteiger partial charge in [0.2, 0.25) is 0 Å². The monoisotopic (exact) mass is 768 g/mol. The molecule has 4 N–H and O–H groups in total. The van der Waals surface area contributed by atoms with Crippen molar-refractivity contribution in [3.8, 4) is 0 Å². The van der Waals surface area contributed by atoms with Crippen LogP contribution >= 0.6 is 11.3 Å². The molecule has 3 aromatic carbocycles. The largest absolute Gasteiger partial charge is 0.367 e. The van der Waals surface area contributed by atoms with Crippen LogP contribution in [0.15, 0.2) is 48.5 Å². The highest BCUT2D eigenvalue weighted by atomic mass is 32.1. The van der Waals surface area contributed by atoms with Gasteiger partial charge in [-0.3, -0.25) is 0 Å². The Morgan fingerprint density at radius 2 is 1.20 bits per heavy atom. The van der Waals surface area contributed by atoms with E-state index in [1.807, 2.05) is 4.90 Å². The van der Waals surface area contributed by atoms with Gasteiger partial charge >= 0.3 is 0 Å². The first kappa shape index (κ1) is 35.0. The Morgan fingerprint density at radius 3 is 1.67 bits per heavy atom. The van der Waals surface area contributed by atoms with E-state index in [1.54, 1.807) is 28.4 Å². The number of piperidine rings is 1. The number of anilines is 2. The zero-order chi connectivity index (χ0) is 37.4. The molecule has 13 heteroatoms. The topological polar surface area (TPSA) is 87.9 Å². The number of nitrogens with zero attached hydrogens (tertiary/aromatic N) is 4. The van der Waals surface area contributed by atoms with Crippen molar-refractivity contribution in [1.82, 2.24) is 30.6 Å². The van der Waals surface area contributed by atoms with Crippen LogP contribution in [0.25, 0.3) is 22.1 Å². The molecule has 1 unspecified atom stereocenters. The van der Waals surface area contributed by atoms with Crippen molar-refractivity contribution in [2.45, 2.75) is 88.4 Å². The second-order valence-corrected chi connectivity index (χ2v) is 17.1. The predicted octanol–water partition coefficient (Wildman–Crippen LogP) is 9.68. The fourth-order valence-corrected chi connectivity index (χ4v) is 10.7. The number of rotatable bonds is 7. The molecule has 4 fully saturated rings. The van der Waals surface area contributed by atoms with Crippen molar-refractivity contribution in [2.24, 2.45) is 0 Å². The van der Waals surface area contributed by atoms with Crippen molar-refractivity contribution < 1.29 is 17.6 Å². The molecular weight excluding hydrogens is 725 g/mol. The average Bonchev–Trinajstić information content (AvgIpc) is 4.02. The van der Waals surface area contributed by atoms with Crippen LogP contribution in [-0.4, -0.2) is 46.1 Å². The molecule has 8 nitrogen and oxygen atoms in total. The van der Waals surface area contributed by atoms with Gasteiger partial charge in [-0.25, -0.2) is 27.5 Å². The van der Waals surface area contributed by atoms with Crippen LogP contribution < -0.4 is 20.4 Å². The number of benzene rings is 3. The van der Waals surface area contributed by atoms with E-state index in [4.69, 9.17) is 9.97 Å². The summed E-state index contributed by atoms with van der Waals surface area (Å²) >= 11 is 1.78. The molecule has 0 amide bonds. The molecule has 55 heavy (non-hydrogen) atoms. The molecule has 0 bridgehead atoms. The van der Waals surface area contributed by atoms with Gasteiger partial charge in [0.1, 0.15) is 29.0 Å². The van der Waals surface area contributed by atoms with Gasteiger partial charge in [0.05, 0.1) is 46.2 Å². The Labute approximate surface area is 320 Å². The van der Waals surface area contributed by atoms with Crippen molar-refractivity contribution in [3.05, 3.63) is 104 Å². The molecule has 0 spiro atoms. The molecule has 3 aromatic heterocycles. The molecule has 286 valence electrons. The lowest BCUT2D eigenvalue weighted by Crippen LogP contribution is -2.34. The summed E-state index contributed by atoms with van der Waals surface area (Å²) in [6.45, 7) is 4.96. The highest BCUT2D eigenvalue weighted by molar-refractivity contribution is 7.12. The van der Waals surface area contributed by atoms with Gasteiger partial charge in [-0.05, 0) is 114 Å².